The smallest absolute Gasteiger partial charge is 0.159 e. The standard InChI is InChI=1S/C19H28N6O/c1-2-15-6-3-4-7-16(15)24-19-17(20)18(22-14-23-19)21-8-5-9-25-10-12-26-13-11-25/h3-4,6-7,14H,2,5,8-13,20H2,1H3,(H2,21,22,23,24). The van der Waals surface area contributed by atoms with Crippen LogP contribution in [0.4, 0.5) is 23.0 Å². The first-order valence-corrected chi connectivity index (χ1v) is 9.27. The first-order valence-electron chi connectivity index (χ1n) is 9.27. The number of rotatable bonds is 8. The summed E-state index contributed by atoms with van der Waals surface area (Å²) in [5.74, 6) is 1.31. The number of hydrogen-bond donors (Lipinski definition) is 3. The molecule has 0 spiro atoms. The zero-order valence-electron chi connectivity index (χ0n) is 15.4. The molecule has 3 rings (SSSR count). The van der Waals surface area contributed by atoms with Gasteiger partial charge in [0.25, 0.3) is 0 Å². The van der Waals surface area contributed by atoms with Gasteiger partial charge in [0.05, 0.1) is 13.2 Å². The van der Waals surface area contributed by atoms with Crippen molar-refractivity contribution in [2.24, 2.45) is 0 Å². The van der Waals surface area contributed by atoms with Crippen molar-refractivity contribution >= 4 is 23.0 Å². The molecule has 0 amide bonds. The lowest BCUT2D eigenvalue weighted by Crippen LogP contribution is -2.37. The third-order valence-corrected chi connectivity index (χ3v) is 4.58. The highest BCUT2D eigenvalue weighted by Crippen LogP contribution is 2.27. The quantitative estimate of drug-likeness (QED) is 0.626. The number of anilines is 4. The number of aromatic nitrogens is 2. The summed E-state index contributed by atoms with van der Waals surface area (Å²) in [4.78, 5) is 11.0. The predicted molar refractivity (Wildman–Crippen MR) is 106 cm³/mol. The van der Waals surface area contributed by atoms with E-state index in [2.05, 4.69) is 38.5 Å². The molecule has 2 aromatic rings. The molecular weight excluding hydrogens is 328 g/mol. The molecule has 0 saturated carbocycles. The Balaban J connectivity index is 1.56. The predicted octanol–water partition coefficient (Wildman–Crippen LogP) is 2.50. The normalized spacial score (nSPS) is 15.0. The molecule has 7 heteroatoms. The Hall–Kier alpha value is -2.38. The third kappa shape index (κ3) is 4.83. The van der Waals surface area contributed by atoms with Crippen molar-refractivity contribution in [2.45, 2.75) is 19.8 Å². The van der Waals surface area contributed by atoms with Gasteiger partial charge < -0.3 is 21.1 Å². The van der Waals surface area contributed by atoms with Gasteiger partial charge in [0.1, 0.15) is 12.0 Å². The topological polar surface area (TPSA) is 88.3 Å². The third-order valence-electron chi connectivity index (χ3n) is 4.58. The Labute approximate surface area is 155 Å². The molecule has 0 bridgehead atoms. The van der Waals surface area contributed by atoms with Gasteiger partial charge in [-0.15, -0.1) is 0 Å². The number of ether oxygens (including phenoxy) is 1. The molecule has 2 heterocycles. The van der Waals surface area contributed by atoms with Gasteiger partial charge in [-0.25, -0.2) is 9.97 Å². The first kappa shape index (κ1) is 18.4. The monoisotopic (exact) mass is 356 g/mol. The fourth-order valence-corrected chi connectivity index (χ4v) is 3.05. The van der Waals surface area contributed by atoms with Crippen LogP contribution in [0.15, 0.2) is 30.6 Å². The number of nitrogen functional groups attached to an aromatic ring is 1. The maximum Gasteiger partial charge on any atom is 0.159 e. The number of morpholine rings is 1. The van der Waals surface area contributed by atoms with Crippen molar-refractivity contribution < 1.29 is 4.74 Å². The summed E-state index contributed by atoms with van der Waals surface area (Å²) >= 11 is 0. The summed E-state index contributed by atoms with van der Waals surface area (Å²) in [6.45, 7) is 7.70. The lowest BCUT2D eigenvalue weighted by atomic mass is 10.1. The Morgan fingerprint density at radius 2 is 1.92 bits per heavy atom. The minimum atomic E-state index is 0.546. The van der Waals surface area contributed by atoms with Crippen molar-refractivity contribution in [3.63, 3.8) is 0 Å². The highest BCUT2D eigenvalue weighted by molar-refractivity contribution is 5.78. The van der Waals surface area contributed by atoms with E-state index >= 15 is 0 Å². The molecule has 0 unspecified atom stereocenters. The SMILES string of the molecule is CCc1ccccc1Nc1ncnc(NCCCN2CCOCC2)c1N. The number of nitrogens with zero attached hydrogens (tertiary/aromatic N) is 3. The van der Waals surface area contributed by atoms with E-state index in [9.17, 15) is 0 Å². The molecule has 1 fully saturated rings. The van der Waals surface area contributed by atoms with Crippen LogP contribution in [0.3, 0.4) is 0 Å². The van der Waals surface area contributed by atoms with E-state index < -0.39 is 0 Å². The summed E-state index contributed by atoms with van der Waals surface area (Å²) in [7, 11) is 0. The molecule has 0 atom stereocenters. The van der Waals surface area contributed by atoms with Gasteiger partial charge in [0.15, 0.2) is 11.6 Å². The Morgan fingerprint density at radius 1 is 1.15 bits per heavy atom. The molecular formula is C19H28N6O. The Morgan fingerprint density at radius 3 is 2.73 bits per heavy atom. The van der Waals surface area contributed by atoms with Crippen LogP contribution in [0.5, 0.6) is 0 Å². The number of para-hydroxylation sites is 1. The molecule has 140 valence electrons. The molecule has 4 N–H and O–H groups in total. The molecule has 0 radical (unpaired) electrons. The summed E-state index contributed by atoms with van der Waals surface area (Å²) < 4.78 is 5.37. The van der Waals surface area contributed by atoms with Crippen molar-refractivity contribution in [1.29, 1.82) is 0 Å². The Bertz CT molecular complexity index is 702. The summed E-state index contributed by atoms with van der Waals surface area (Å²) in [5, 5.41) is 6.67. The highest BCUT2D eigenvalue weighted by atomic mass is 16.5. The van der Waals surface area contributed by atoms with E-state index in [0.717, 1.165) is 57.9 Å². The van der Waals surface area contributed by atoms with E-state index in [-0.39, 0.29) is 0 Å². The van der Waals surface area contributed by atoms with Gasteiger partial charge >= 0.3 is 0 Å². The highest BCUT2D eigenvalue weighted by Gasteiger charge is 2.11. The first-order chi connectivity index (χ1) is 12.8. The molecule has 26 heavy (non-hydrogen) atoms. The lowest BCUT2D eigenvalue weighted by molar-refractivity contribution is 0.0378. The minimum absolute atomic E-state index is 0.546. The van der Waals surface area contributed by atoms with Crippen molar-refractivity contribution in [3.8, 4) is 0 Å². The molecule has 1 aromatic heterocycles. The summed E-state index contributed by atoms with van der Waals surface area (Å²) in [5.41, 5.74) is 9.07. The molecule has 1 aromatic carbocycles. The zero-order chi connectivity index (χ0) is 18.2. The van der Waals surface area contributed by atoms with E-state index in [1.165, 1.54) is 11.9 Å². The molecule has 1 aliphatic heterocycles. The number of nitrogens with two attached hydrogens (primary N) is 1. The fourth-order valence-electron chi connectivity index (χ4n) is 3.05. The minimum Gasteiger partial charge on any atom is -0.393 e. The summed E-state index contributed by atoms with van der Waals surface area (Å²) in [6.07, 6.45) is 3.52. The largest absolute Gasteiger partial charge is 0.393 e. The van der Waals surface area contributed by atoms with Gasteiger partial charge in [0.2, 0.25) is 0 Å². The van der Waals surface area contributed by atoms with Crippen LogP contribution in [0.2, 0.25) is 0 Å². The van der Waals surface area contributed by atoms with Gasteiger partial charge in [-0.3, -0.25) is 4.90 Å². The number of aryl methyl sites for hydroxylation is 1. The summed E-state index contributed by atoms with van der Waals surface area (Å²) in [6, 6.07) is 8.18. The molecule has 7 nitrogen and oxygen atoms in total. The van der Waals surface area contributed by atoms with Crippen LogP contribution >= 0.6 is 0 Å². The number of benzene rings is 1. The van der Waals surface area contributed by atoms with Gasteiger partial charge in [-0.1, -0.05) is 25.1 Å². The van der Waals surface area contributed by atoms with Crippen LogP contribution < -0.4 is 16.4 Å². The zero-order valence-corrected chi connectivity index (χ0v) is 15.4. The van der Waals surface area contributed by atoms with E-state index in [0.29, 0.717) is 17.3 Å². The lowest BCUT2D eigenvalue weighted by Gasteiger charge is -2.26. The second kappa shape index (κ2) is 9.35. The van der Waals surface area contributed by atoms with Crippen LogP contribution in [0.1, 0.15) is 18.9 Å². The van der Waals surface area contributed by atoms with E-state index in [4.69, 9.17) is 10.5 Å². The van der Waals surface area contributed by atoms with Crippen LogP contribution in [-0.2, 0) is 11.2 Å². The van der Waals surface area contributed by atoms with Gasteiger partial charge in [-0.2, -0.15) is 0 Å². The van der Waals surface area contributed by atoms with Gasteiger partial charge in [-0.05, 0) is 31.0 Å². The Kier molecular flexibility index (Phi) is 6.62. The maximum atomic E-state index is 6.27. The molecule has 1 aliphatic rings. The molecule has 0 aliphatic carbocycles. The van der Waals surface area contributed by atoms with Gasteiger partial charge in [0, 0.05) is 25.3 Å². The van der Waals surface area contributed by atoms with Crippen LogP contribution in [0.25, 0.3) is 0 Å². The van der Waals surface area contributed by atoms with E-state index in [1.807, 2.05) is 18.2 Å². The number of hydrogen-bond acceptors (Lipinski definition) is 7. The second-order valence-corrected chi connectivity index (χ2v) is 6.35. The van der Waals surface area contributed by atoms with Crippen molar-refractivity contribution in [1.82, 2.24) is 14.9 Å². The fraction of sp³-hybridized carbons (Fsp3) is 0.474. The maximum absolute atomic E-state index is 6.27. The van der Waals surface area contributed by atoms with Crippen molar-refractivity contribution in [3.05, 3.63) is 36.2 Å². The van der Waals surface area contributed by atoms with Crippen LogP contribution in [0, 0.1) is 0 Å². The van der Waals surface area contributed by atoms with Crippen LogP contribution in [-0.4, -0.2) is 54.3 Å². The van der Waals surface area contributed by atoms with Crippen molar-refractivity contribution in [2.75, 3.05) is 55.8 Å². The average molecular weight is 356 g/mol. The average Bonchev–Trinajstić information content (AvgIpc) is 2.69. The number of nitrogens with one attached hydrogen (secondary N) is 2. The second-order valence-electron chi connectivity index (χ2n) is 6.35. The molecule has 1 saturated heterocycles. The van der Waals surface area contributed by atoms with E-state index in [1.54, 1.807) is 0 Å².